The normalized spacial score (nSPS) is 13.8. The van der Waals surface area contributed by atoms with E-state index in [2.05, 4.69) is 19.2 Å². The predicted molar refractivity (Wildman–Crippen MR) is 84.9 cm³/mol. The van der Waals surface area contributed by atoms with Crippen LogP contribution in [0.2, 0.25) is 0 Å². The lowest BCUT2D eigenvalue weighted by Gasteiger charge is -2.15. The maximum absolute atomic E-state index is 11.9. The Kier molecular flexibility index (Phi) is 6.30. The molecule has 0 aliphatic rings. The highest BCUT2D eigenvalue weighted by Gasteiger charge is 2.16. The molecule has 0 aliphatic heterocycles. The van der Waals surface area contributed by atoms with Crippen LogP contribution in [0.3, 0.4) is 0 Å². The van der Waals surface area contributed by atoms with Crippen molar-refractivity contribution in [1.82, 2.24) is 4.31 Å². The van der Waals surface area contributed by atoms with Crippen LogP contribution in [-0.4, -0.2) is 38.7 Å². The fourth-order valence-corrected chi connectivity index (χ4v) is 3.11. The molecule has 0 heterocycles. The molecule has 0 fully saturated rings. The van der Waals surface area contributed by atoms with E-state index in [-0.39, 0.29) is 10.3 Å². The van der Waals surface area contributed by atoms with Crippen molar-refractivity contribution in [3.8, 4) is 0 Å². The van der Waals surface area contributed by atoms with Crippen LogP contribution in [0.4, 0.5) is 5.69 Å². The highest BCUT2D eigenvalue weighted by Crippen LogP contribution is 2.17. The quantitative estimate of drug-likeness (QED) is 0.786. The van der Waals surface area contributed by atoms with Crippen molar-refractivity contribution < 1.29 is 8.42 Å². The Morgan fingerprint density at radius 3 is 2.20 bits per heavy atom. The van der Waals surface area contributed by atoms with E-state index in [1.165, 1.54) is 18.4 Å². The van der Waals surface area contributed by atoms with Gasteiger partial charge in [0, 0.05) is 26.3 Å². The molecule has 114 valence electrons. The van der Waals surface area contributed by atoms with Crippen LogP contribution >= 0.6 is 11.6 Å². The Balaban J connectivity index is 2.64. The molecule has 1 aromatic rings. The van der Waals surface area contributed by atoms with Crippen LogP contribution < -0.4 is 5.32 Å². The van der Waals surface area contributed by atoms with Gasteiger partial charge < -0.3 is 5.32 Å². The molecule has 6 heteroatoms. The number of benzene rings is 1. The molecule has 1 rings (SSSR count). The topological polar surface area (TPSA) is 49.4 Å². The maximum atomic E-state index is 11.9. The first kappa shape index (κ1) is 17.3. The van der Waals surface area contributed by atoms with Gasteiger partial charge in [0.05, 0.1) is 10.3 Å². The van der Waals surface area contributed by atoms with Gasteiger partial charge in [0.25, 0.3) is 0 Å². The van der Waals surface area contributed by atoms with E-state index >= 15 is 0 Å². The molecule has 0 spiro atoms. The van der Waals surface area contributed by atoms with Crippen LogP contribution in [0, 0.1) is 5.92 Å². The van der Waals surface area contributed by atoms with Gasteiger partial charge in [-0.25, -0.2) is 12.7 Å². The molecule has 0 saturated heterocycles. The molecular weight excluding hydrogens is 296 g/mol. The molecule has 1 atom stereocenters. The summed E-state index contributed by atoms with van der Waals surface area (Å²) in [5.41, 5.74) is 0.872. The van der Waals surface area contributed by atoms with Gasteiger partial charge in [-0.05, 0) is 36.6 Å². The first-order valence-corrected chi connectivity index (χ1v) is 8.51. The number of alkyl halides is 1. The van der Waals surface area contributed by atoms with Gasteiger partial charge in [-0.3, -0.25) is 0 Å². The van der Waals surface area contributed by atoms with E-state index < -0.39 is 10.0 Å². The van der Waals surface area contributed by atoms with Gasteiger partial charge in [0.2, 0.25) is 10.0 Å². The number of nitrogens with zero attached hydrogens (tertiary/aromatic N) is 1. The summed E-state index contributed by atoms with van der Waals surface area (Å²) >= 11 is 6.21. The SMILES string of the molecule is CC(C)CC(Cl)CNc1ccc(S(=O)(=O)N(C)C)cc1. The minimum absolute atomic E-state index is 0.0696. The third-order valence-corrected chi connectivity index (χ3v) is 5.05. The fourth-order valence-electron chi connectivity index (χ4n) is 1.78. The van der Waals surface area contributed by atoms with E-state index in [9.17, 15) is 8.42 Å². The molecule has 1 aromatic carbocycles. The lowest BCUT2D eigenvalue weighted by atomic mass is 10.1. The average Bonchev–Trinajstić information content (AvgIpc) is 2.36. The van der Waals surface area contributed by atoms with Gasteiger partial charge in [0.15, 0.2) is 0 Å². The number of anilines is 1. The predicted octanol–water partition coefficient (Wildman–Crippen LogP) is 3.00. The maximum Gasteiger partial charge on any atom is 0.242 e. The molecule has 4 nitrogen and oxygen atoms in total. The number of hydrogen-bond acceptors (Lipinski definition) is 3. The van der Waals surface area contributed by atoms with Gasteiger partial charge >= 0.3 is 0 Å². The van der Waals surface area contributed by atoms with Crippen LogP contribution in [0.25, 0.3) is 0 Å². The van der Waals surface area contributed by atoms with Crippen LogP contribution in [0.15, 0.2) is 29.2 Å². The van der Waals surface area contributed by atoms with E-state index in [4.69, 9.17) is 11.6 Å². The monoisotopic (exact) mass is 318 g/mol. The molecule has 0 aromatic heterocycles. The van der Waals surface area contributed by atoms with E-state index in [1.54, 1.807) is 24.3 Å². The molecule has 1 N–H and O–H groups in total. The van der Waals surface area contributed by atoms with Gasteiger partial charge in [-0.1, -0.05) is 13.8 Å². The fraction of sp³-hybridized carbons (Fsp3) is 0.571. The summed E-state index contributed by atoms with van der Waals surface area (Å²) < 4.78 is 25.0. The minimum atomic E-state index is -3.36. The highest BCUT2D eigenvalue weighted by molar-refractivity contribution is 7.89. The molecular formula is C14H23ClN2O2S. The van der Waals surface area contributed by atoms with E-state index in [0.29, 0.717) is 12.5 Å². The third-order valence-electron chi connectivity index (χ3n) is 2.89. The van der Waals surface area contributed by atoms with Gasteiger partial charge in [-0.15, -0.1) is 11.6 Å². The molecule has 0 saturated carbocycles. The Labute approximate surface area is 127 Å². The zero-order valence-electron chi connectivity index (χ0n) is 12.4. The lowest BCUT2D eigenvalue weighted by molar-refractivity contribution is 0.521. The minimum Gasteiger partial charge on any atom is -0.384 e. The summed E-state index contributed by atoms with van der Waals surface area (Å²) in [5, 5.41) is 3.29. The second-order valence-corrected chi connectivity index (χ2v) is 8.19. The van der Waals surface area contributed by atoms with Crippen molar-refractivity contribution in [3.05, 3.63) is 24.3 Å². The molecule has 1 unspecified atom stereocenters. The number of nitrogens with one attached hydrogen (secondary N) is 1. The second kappa shape index (κ2) is 7.29. The summed E-state index contributed by atoms with van der Waals surface area (Å²) in [7, 11) is -0.323. The smallest absolute Gasteiger partial charge is 0.242 e. The first-order valence-electron chi connectivity index (χ1n) is 6.64. The molecule has 0 aliphatic carbocycles. The van der Waals surface area contributed by atoms with E-state index in [1.807, 2.05) is 0 Å². The molecule has 20 heavy (non-hydrogen) atoms. The average molecular weight is 319 g/mol. The van der Waals surface area contributed by atoms with Crippen molar-refractivity contribution in [2.75, 3.05) is 26.0 Å². The number of halogens is 1. The zero-order chi connectivity index (χ0) is 15.3. The first-order chi connectivity index (χ1) is 9.23. The molecule has 0 bridgehead atoms. The summed E-state index contributed by atoms with van der Waals surface area (Å²) in [6.07, 6.45) is 0.946. The van der Waals surface area contributed by atoms with Crippen LogP contribution in [-0.2, 0) is 10.0 Å². The Morgan fingerprint density at radius 1 is 1.20 bits per heavy atom. The van der Waals surface area contributed by atoms with Crippen molar-refractivity contribution in [2.24, 2.45) is 5.92 Å². The zero-order valence-corrected chi connectivity index (χ0v) is 14.0. The summed E-state index contributed by atoms with van der Waals surface area (Å²) in [4.78, 5) is 0.289. The molecule has 0 amide bonds. The van der Waals surface area contributed by atoms with Crippen LogP contribution in [0.1, 0.15) is 20.3 Å². The summed E-state index contributed by atoms with van der Waals surface area (Å²) in [6, 6.07) is 6.72. The number of hydrogen-bond donors (Lipinski definition) is 1. The van der Waals surface area contributed by atoms with Gasteiger partial charge in [0.1, 0.15) is 0 Å². The summed E-state index contributed by atoms with van der Waals surface area (Å²) in [6.45, 7) is 4.94. The van der Waals surface area contributed by atoms with Crippen molar-refractivity contribution in [1.29, 1.82) is 0 Å². The lowest BCUT2D eigenvalue weighted by Crippen LogP contribution is -2.22. The van der Waals surface area contributed by atoms with Crippen molar-refractivity contribution in [2.45, 2.75) is 30.5 Å². The van der Waals surface area contributed by atoms with Crippen molar-refractivity contribution in [3.63, 3.8) is 0 Å². The second-order valence-electron chi connectivity index (χ2n) is 5.42. The summed E-state index contributed by atoms with van der Waals surface area (Å²) in [5.74, 6) is 0.562. The molecule has 0 radical (unpaired) electrons. The largest absolute Gasteiger partial charge is 0.384 e. The van der Waals surface area contributed by atoms with Crippen molar-refractivity contribution >= 4 is 27.3 Å². The van der Waals surface area contributed by atoms with Gasteiger partial charge in [-0.2, -0.15) is 0 Å². The number of sulfonamides is 1. The Hall–Kier alpha value is -0.780. The Morgan fingerprint density at radius 2 is 1.75 bits per heavy atom. The highest BCUT2D eigenvalue weighted by atomic mass is 35.5. The third kappa shape index (κ3) is 4.96. The Bertz CT molecular complexity index is 512. The van der Waals surface area contributed by atoms with E-state index in [0.717, 1.165) is 12.1 Å². The number of rotatable bonds is 7. The van der Waals surface area contributed by atoms with Crippen LogP contribution in [0.5, 0.6) is 0 Å². The standard InChI is InChI=1S/C14H23ClN2O2S/c1-11(2)9-12(15)10-16-13-5-7-14(8-6-13)20(18,19)17(3)4/h5-8,11-12,16H,9-10H2,1-4H3.